The Bertz CT molecular complexity index is 550. The van der Waals surface area contributed by atoms with Crippen molar-refractivity contribution in [3.8, 4) is 11.3 Å². The fourth-order valence-electron chi connectivity index (χ4n) is 2.33. The minimum Gasteiger partial charge on any atom is -0.392 e. The quantitative estimate of drug-likeness (QED) is 0.823. The first-order valence-corrected chi connectivity index (χ1v) is 7.58. The van der Waals surface area contributed by atoms with E-state index in [4.69, 9.17) is 0 Å². The van der Waals surface area contributed by atoms with E-state index in [1.807, 2.05) is 36.1 Å². The van der Waals surface area contributed by atoms with Crippen LogP contribution in [0.5, 0.6) is 0 Å². The molecule has 4 nitrogen and oxygen atoms in total. The van der Waals surface area contributed by atoms with Crippen molar-refractivity contribution in [1.29, 1.82) is 0 Å². The number of hydrogen-bond acceptors (Lipinski definition) is 3. The van der Waals surface area contributed by atoms with E-state index in [1.54, 1.807) is 0 Å². The molecule has 21 heavy (non-hydrogen) atoms. The molecule has 2 N–H and O–H groups in total. The van der Waals surface area contributed by atoms with E-state index < -0.39 is 0 Å². The van der Waals surface area contributed by atoms with Gasteiger partial charge in [0.25, 0.3) is 0 Å². The van der Waals surface area contributed by atoms with Crippen LogP contribution < -0.4 is 5.32 Å². The van der Waals surface area contributed by atoms with E-state index in [-0.39, 0.29) is 6.10 Å². The van der Waals surface area contributed by atoms with Crippen molar-refractivity contribution in [2.24, 2.45) is 13.0 Å². The third kappa shape index (κ3) is 4.16. The third-order valence-corrected chi connectivity index (χ3v) is 3.92. The van der Waals surface area contributed by atoms with Gasteiger partial charge in [-0.2, -0.15) is 5.10 Å². The van der Waals surface area contributed by atoms with Crippen LogP contribution >= 0.6 is 0 Å². The zero-order valence-electron chi connectivity index (χ0n) is 13.1. The summed E-state index contributed by atoms with van der Waals surface area (Å²) in [5, 5.41) is 17.9. The summed E-state index contributed by atoms with van der Waals surface area (Å²) < 4.78 is 1.84. The van der Waals surface area contributed by atoms with Gasteiger partial charge in [-0.15, -0.1) is 0 Å². The molecule has 2 unspecified atom stereocenters. The van der Waals surface area contributed by atoms with Gasteiger partial charge in [-0.1, -0.05) is 50.6 Å². The fourth-order valence-corrected chi connectivity index (χ4v) is 2.33. The third-order valence-electron chi connectivity index (χ3n) is 3.92. The number of nitrogens with zero attached hydrogens (tertiary/aromatic N) is 2. The number of aromatic nitrogens is 2. The molecule has 0 aliphatic heterocycles. The zero-order chi connectivity index (χ0) is 15.2. The predicted octanol–water partition coefficient (Wildman–Crippen LogP) is 2.58. The van der Waals surface area contributed by atoms with Crippen LogP contribution in [0.2, 0.25) is 0 Å². The van der Waals surface area contributed by atoms with Gasteiger partial charge >= 0.3 is 0 Å². The SMILES string of the molecule is CCC(C)C(O)CNCc1cn(C)nc1-c1ccccc1. The first-order chi connectivity index (χ1) is 10.1. The van der Waals surface area contributed by atoms with Gasteiger partial charge in [0.05, 0.1) is 11.8 Å². The minimum atomic E-state index is -0.299. The van der Waals surface area contributed by atoms with Gasteiger partial charge in [0.15, 0.2) is 0 Å². The first-order valence-electron chi connectivity index (χ1n) is 7.58. The second-order valence-corrected chi connectivity index (χ2v) is 5.63. The Morgan fingerprint density at radius 3 is 2.67 bits per heavy atom. The molecule has 4 heteroatoms. The molecule has 2 rings (SSSR count). The van der Waals surface area contributed by atoms with Crippen molar-refractivity contribution >= 4 is 0 Å². The molecule has 0 saturated heterocycles. The zero-order valence-corrected chi connectivity index (χ0v) is 13.1. The van der Waals surface area contributed by atoms with Gasteiger partial charge in [0.1, 0.15) is 0 Å². The Morgan fingerprint density at radius 1 is 1.29 bits per heavy atom. The van der Waals surface area contributed by atoms with E-state index in [9.17, 15) is 5.11 Å². The lowest BCUT2D eigenvalue weighted by Crippen LogP contribution is -2.31. The van der Waals surface area contributed by atoms with Crippen molar-refractivity contribution in [2.45, 2.75) is 32.9 Å². The van der Waals surface area contributed by atoms with Crippen LogP contribution in [0.4, 0.5) is 0 Å². The van der Waals surface area contributed by atoms with Crippen LogP contribution in [-0.2, 0) is 13.6 Å². The summed E-state index contributed by atoms with van der Waals surface area (Å²) in [6.45, 7) is 5.50. The van der Waals surface area contributed by atoms with Crippen molar-refractivity contribution in [2.75, 3.05) is 6.54 Å². The number of aliphatic hydroxyl groups is 1. The van der Waals surface area contributed by atoms with E-state index in [2.05, 4.69) is 36.4 Å². The molecule has 0 amide bonds. The molecular weight excluding hydrogens is 262 g/mol. The van der Waals surface area contributed by atoms with Gasteiger partial charge in [0.2, 0.25) is 0 Å². The largest absolute Gasteiger partial charge is 0.392 e. The molecule has 0 bridgehead atoms. The highest BCUT2D eigenvalue weighted by atomic mass is 16.3. The highest BCUT2D eigenvalue weighted by Crippen LogP contribution is 2.21. The summed E-state index contributed by atoms with van der Waals surface area (Å²) >= 11 is 0. The van der Waals surface area contributed by atoms with E-state index in [0.717, 1.165) is 23.2 Å². The molecular formula is C17H25N3O. The summed E-state index contributed by atoms with van der Waals surface area (Å²) in [5.74, 6) is 0.319. The van der Waals surface area contributed by atoms with Gasteiger partial charge in [0, 0.05) is 37.5 Å². The average Bonchev–Trinajstić information content (AvgIpc) is 2.88. The van der Waals surface area contributed by atoms with Gasteiger partial charge in [-0.05, 0) is 5.92 Å². The average molecular weight is 287 g/mol. The van der Waals surface area contributed by atoms with Crippen LogP contribution in [0.1, 0.15) is 25.8 Å². The van der Waals surface area contributed by atoms with Crippen molar-refractivity contribution < 1.29 is 5.11 Å². The lowest BCUT2D eigenvalue weighted by molar-refractivity contribution is 0.113. The highest BCUT2D eigenvalue weighted by molar-refractivity contribution is 5.62. The van der Waals surface area contributed by atoms with Crippen LogP contribution in [0, 0.1) is 5.92 Å². The minimum absolute atomic E-state index is 0.299. The van der Waals surface area contributed by atoms with Crippen molar-refractivity contribution in [3.05, 3.63) is 42.1 Å². The van der Waals surface area contributed by atoms with Crippen LogP contribution in [-0.4, -0.2) is 27.5 Å². The second kappa shape index (κ2) is 7.38. The highest BCUT2D eigenvalue weighted by Gasteiger charge is 2.13. The fraction of sp³-hybridized carbons (Fsp3) is 0.471. The summed E-state index contributed by atoms with van der Waals surface area (Å²) in [4.78, 5) is 0. The molecule has 1 aromatic heterocycles. The molecule has 0 aliphatic carbocycles. The maximum Gasteiger partial charge on any atom is 0.0967 e. The molecule has 1 heterocycles. The molecule has 0 radical (unpaired) electrons. The van der Waals surface area contributed by atoms with E-state index >= 15 is 0 Å². The smallest absolute Gasteiger partial charge is 0.0967 e. The molecule has 0 fully saturated rings. The van der Waals surface area contributed by atoms with Crippen LogP contribution in [0.25, 0.3) is 11.3 Å². The van der Waals surface area contributed by atoms with E-state index in [0.29, 0.717) is 19.0 Å². The normalized spacial score (nSPS) is 14.1. The molecule has 114 valence electrons. The number of hydrogen-bond donors (Lipinski definition) is 2. The lowest BCUT2D eigenvalue weighted by Gasteiger charge is -2.17. The molecule has 1 aromatic carbocycles. The van der Waals surface area contributed by atoms with Gasteiger partial charge in [-0.25, -0.2) is 0 Å². The van der Waals surface area contributed by atoms with Gasteiger partial charge < -0.3 is 10.4 Å². The number of aliphatic hydroxyl groups excluding tert-OH is 1. The number of rotatable bonds is 7. The summed E-state index contributed by atoms with van der Waals surface area (Å²) in [7, 11) is 1.93. The van der Waals surface area contributed by atoms with Crippen molar-refractivity contribution in [3.63, 3.8) is 0 Å². The van der Waals surface area contributed by atoms with E-state index in [1.165, 1.54) is 0 Å². The molecule has 0 saturated carbocycles. The maximum atomic E-state index is 10.0. The predicted molar refractivity (Wildman–Crippen MR) is 85.8 cm³/mol. The Hall–Kier alpha value is -1.65. The second-order valence-electron chi connectivity index (χ2n) is 5.63. The number of benzene rings is 1. The molecule has 0 aliphatic rings. The van der Waals surface area contributed by atoms with Crippen molar-refractivity contribution in [1.82, 2.24) is 15.1 Å². The van der Waals surface area contributed by atoms with Gasteiger partial charge in [-0.3, -0.25) is 4.68 Å². The number of nitrogens with one attached hydrogen (secondary N) is 1. The Morgan fingerprint density at radius 2 is 2.00 bits per heavy atom. The standard InChI is InChI=1S/C17H25N3O/c1-4-13(2)16(21)11-18-10-15-12-20(3)19-17(15)14-8-6-5-7-9-14/h5-9,12-13,16,18,21H,4,10-11H2,1-3H3. The van der Waals surface area contributed by atoms with Crippen LogP contribution in [0.3, 0.4) is 0 Å². The Kier molecular flexibility index (Phi) is 5.53. The maximum absolute atomic E-state index is 10.0. The molecule has 2 aromatic rings. The summed E-state index contributed by atoms with van der Waals surface area (Å²) in [5.41, 5.74) is 3.28. The lowest BCUT2D eigenvalue weighted by atomic mass is 10.0. The Balaban J connectivity index is 2.01. The first kappa shape index (κ1) is 15.7. The number of aryl methyl sites for hydroxylation is 1. The Labute approximate surface area is 126 Å². The molecule has 0 spiro atoms. The summed E-state index contributed by atoms with van der Waals surface area (Å²) in [6, 6.07) is 10.2. The summed E-state index contributed by atoms with van der Waals surface area (Å²) in [6.07, 6.45) is 2.72. The molecule has 2 atom stereocenters. The van der Waals surface area contributed by atoms with Crippen LogP contribution in [0.15, 0.2) is 36.5 Å². The topological polar surface area (TPSA) is 50.1 Å². The monoisotopic (exact) mass is 287 g/mol.